The van der Waals surface area contributed by atoms with Crippen LogP contribution in [0.2, 0.25) is 0 Å². The molecule has 3 heterocycles. The SMILES string of the molecule is Cc1nc2ccc(NC(=O)CN3C[C@@H](c4ccc(F)c(F)c4)[C@@]4(CCCC(=O)N4)C3)cc2[nH]1. The first kappa shape index (κ1) is 21.5. The van der Waals surface area contributed by atoms with Crippen molar-refractivity contribution in [1.29, 1.82) is 0 Å². The summed E-state index contributed by atoms with van der Waals surface area (Å²) in [5.41, 5.74) is 2.35. The van der Waals surface area contributed by atoms with E-state index in [0.717, 1.165) is 35.8 Å². The van der Waals surface area contributed by atoms with Crippen LogP contribution in [0.4, 0.5) is 14.5 Å². The summed E-state index contributed by atoms with van der Waals surface area (Å²) in [6, 6.07) is 9.37. The van der Waals surface area contributed by atoms with Gasteiger partial charge in [0.05, 0.1) is 23.1 Å². The Morgan fingerprint density at radius 2 is 2.09 bits per heavy atom. The van der Waals surface area contributed by atoms with Gasteiger partial charge in [-0.1, -0.05) is 6.07 Å². The number of carbonyl (C=O) groups excluding carboxylic acids is 2. The van der Waals surface area contributed by atoms with Gasteiger partial charge in [-0.25, -0.2) is 13.8 Å². The molecule has 3 aromatic rings. The van der Waals surface area contributed by atoms with Gasteiger partial charge in [-0.15, -0.1) is 0 Å². The molecule has 2 saturated heterocycles. The minimum atomic E-state index is -0.912. The smallest absolute Gasteiger partial charge is 0.238 e. The van der Waals surface area contributed by atoms with E-state index in [2.05, 4.69) is 20.6 Å². The molecule has 2 aliphatic rings. The van der Waals surface area contributed by atoms with Gasteiger partial charge >= 0.3 is 0 Å². The normalized spacial score (nSPS) is 23.2. The highest BCUT2D eigenvalue weighted by molar-refractivity contribution is 5.94. The largest absolute Gasteiger partial charge is 0.349 e. The van der Waals surface area contributed by atoms with E-state index in [1.807, 2.05) is 24.0 Å². The molecular weight excluding hydrogens is 428 g/mol. The molecule has 2 aliphatic heterocycles. The zero-order chi connectivity index (χ0) is 23.2. The van der Waals surface area contributed by atoms with Crippen molar-refractivity contribution in [2.45, 2.75) is 37.6 Å². The van der Waals surface area contributed by atoms with E-state index in [1.165, 1.54) is 6.07 Å². The Morgan fingerprint density at radius 3 is 2.88 bits per heavy atom. The second-order valence-corrected chi connectivity index (χ2v) is 9.06. The van der Waals surface area contributed by atoms with Crippen molar-refractivity contribution in [1.82, 2.24) is 20.2 Å². The molecule has 0 aliphatic carbocycles. The lowest BCUT2D eigenvalue weighted by Gasteiger charge is -2.39. The van der Waals surface area contributed by atoms with Crippen molar-refractivity contribution in [3.63, 3.8) is 0 Å². The number of anilines is 1. The number of carbonyl (C=O) groups is 2. The number of nitrogens with zero attached hydrogens (tertiary/aromatic N) is 2. The summed E-state index contributed by atoms with van der Waals surface area (Å²) in [5.74, 6) is -1.50. The van der Waals surface area contributed by atoms with E-state index in [-0.39, 0.29) is 24.3 Å². The summed E-state index contributed by atoms with van der Waals surface area (Å²) in [6.45, 7) is 2.92. The predicted octanol–water partition coefficient (Wildman–Crippen LogP) is 3.23. The maximum Gasteiger partial charge on any atom is 0.238 e. The quantitative estimate of drug-likeness (QED) is 0.566. The minimum absolute atomic E-state index is 0.0525. The number of hydrogen-bond acceptors (Lipinski definition) is 4. The maximum absolute atomic E-state index is 14.0. The molecule has 0 saturated carbocycles. The first-order chi connectivity index (χ1) is 15.8. The highest BCUT2D eigenvalue weighted by Crippen LogP contribution is 2.41. The van der Waals surface area contributed by atoms with E-state index >= 15 is 0 Å². The molecule has 1 aromatic heterocycles. The van der Waals surface area contributed by atoms with Crippen LogP contribution in [-0.2, 0) is 9.59 Å². The lowest BCUT2D eigenvalue weighted by atomic mass is 9.76. The predicted molar refractivity (Wildman–Crippen MR) is 120 cm³/mol. The molecule has 7 nitrogen and oxygen atoms in total. The Bertz CT molecular complexity index is 1240. The van der Waals surface area contributed by atoms with Gasteiger partial charge in [0.25, 0.3) is 0 Å². The minimum Gasteiger partial charge on any atom is -0.349 e. The number of amides is 2. The van der Waals surface area contributed by atoms with Crippen molar-refractivity contribution in [2.24, 2.45) is 0 Å². The van der Waals surface area contributed by atoms with Gasteiger partial charge in [0.2, 0.25) is 11.8 Å². The van der Waals surface area contributed by atoms with E-state index in [0.29, 0.717) is 30.8 Å². The molecule has 3 N–H and O–H groups in total. The first-order valence-electron chi connectivity index (χ1n) is 11.1. The van der Waals surface area contributed by atoms with Crippen molar-refractivity contribution >= 4 is 28.5 Å². The molecule has 33 heavy (non-hydrogen) atoms. The molecular formula is C24H25F2N5O2. The number of H-pyrrole nitrogens is 1. The molecule has 172 valence electrons. The Morgan fingerprint density at radius 1 is 1.24 bits per heavy atom. The van der Waals surface area contributed by atoms with Gasteiger partial charge in [-0.2, -0.15) is 0 Å². The summed E-state index contributed by atoms with van der Waals surface area (Å²) >= 11 is 0. The number of aryl methyl sites for hydroxylation is 1. The molecule has 2 aromatic carbocycles. The van der Waals surface area contributed by atoms with E-state index in [4.69, 9.17) is 0 Å². The molecule has 0 unspecified atom stereocenters. The number of halogens is 2. The molecule has 2 atom stereocenters. The van der Waals surface area contributed by atoms with Crippen molar-refractivity contribution in [3.05, 3.63) is 59.4 Å². The van der Waals surface area contributed by atoms with Crippen molar-refractivity contribution < 1.29 is 18.4 Å². The average molecular weight is 453 g/mol. The fraction of sp³-hybridized carbons (Fsp3) is 0.375. The molecule has 5 rings (SSSR count). The van der Waals surface area contributed by atoms with Gasteiger partial charge in [0.1, 0.15) is 5.82 Å². The topological polar surface area (TPSA) is 90.1 Å². The summed E-state index contributed by atoms with van der Waals surface area (Å²) in [5, 5.41) is 6.03. The van der Waals surface area contributed by atoms with Crippen LogP contribution in [0, 0.1) is 18.6 Å². The number of likely N-dealkylation sites (tertiary alicyclic amines) is 1. The van der Waals surface area contributed by atoms with Gasteiger partial charge in [-0.05, 0) is 55.7 Å². The molecule has 0 radical (unpaired) electrons. The third-order valence-corrected chi connectivity index (χ3v) is 6.63. The number of benzene rings is 2. The van der Waals surface area contributed by atoms with Crippen molar-refractivity contribution in [2.75, 3.05) is 25.0 Å². The summed E-state index contributed by atoms with van der Waals surface area (Å²) in [7, 11) is 0. The second kappa shape index (κ2) is 8.22. The Labute approximate surface area is 189 Å². The van der Waals surface area contributed by atoms with Crippen LogP contribution >= 0.6 is 0 Å². The molecule has 0 bridgehead atoms. The van der Waals surface area contributed by atoms with E-state index in [1.54, 1.807) is 12.1 Å². The van der Waals surface area contributed by atoms with E-state index in [9.17, 15) is 18.4 Å². The van der Waals surface area contributed by atoms with Crippen LogP contribution in [0.25, 0.3) is 11.0 Å². The van der Waals surface area contributed by atoms with Crippen LogP contribution in [0.5, 0.6) is 0 Å². The van der Waals surface area contributed by atoms with Gasteiger partial charge < -0.3 is 15.6 Å². The lowest BCUT2D eigenvalue weighted by Crippen LogP contribution is -2.56. The number of fused-ring (bicyclic) bond motifs is 1. The number of nitrogens with one attached hydrogen (secondary N) is 3. The number of hydrogen-bond donors (Lipinski definition) is 3. The van der Waals surface area contributed by atoms with Crippen LogP contribution in [0.3, 0.4) is 0 Å². The van der Waals surface area contributed by atoms with Gasteiger partial charge in [0, 0.05) is 31.1 Å². The van der Waals surface area contributed by atoms with E-state index < -0.39 is 17.2 Å². The zero-order valence-electron chi connectivity index (χ0n) is 18.3. The van der Waals surface area contributed by atoms with Gasteiger partial charge in [0.15, 0.2) is 11.6 Å². The van der Waals surface area contributed by atoms with Crippen LogP contribution < -0.4 is 10.6 Å². The molecule has 1 spiro atoms. The second-order valence-electron chi connectivity index (χ2n) is 9.06. The monoisotopic (exact) mass is 453 g/mol. The molecule has 2 fully saturated rings. The number of imidazole rings is 1. The van der Waals surface area contributed by atoms with Gasteiger partial charge in [-0.3, -0.25) is 14.5 Å². The first-order valence-corrected chi connectivity index (χ1v) is 11.1. The number of piperidine rings is 1. The Kier molecular flexibility index (Phi) is 5.36. The van der Waals surface area contributed by atoms with Crippen LogP contribution in [0.1, 0.15) is 36.6 Å². The average Bonchev–Trinajstić information content (AvgIpc) is 3.28. The third-order valence-electron chi connectivity index (χ3n) is 6.63. The maximum atomic E-state index is 14.0. The third kappa shape index (κ3) is 4.20. The molecule has 9 heteroatoms. The Balaban J connectivity index is 1.34. The fourth-order valence-electron chi connectivity index (χ4n) is 5.25. The zero-order valence-corrected chi connectivity index (χ0v) is 18.3. The van der Waals surface area contributed by atoms with Crippen LogP contribution in [-0.4, -0.2) is 51.9 Å². The lowest BCUT2D eigenvalue weighted by molar-refractivity contribution is -0.125. The standard InChI is InChI=1S/C24H25F2N5O2/c1-14-27-20-7-5-16(10-21(20)28-14)29-23(33)12-31-11-17(15-4-6-18(25)19(26)9-15)24(13-31)8-2-3-22(32)30-24/h4-7,9-10,17H,2-3,8,11-13H2,1H3,(H,27,28)(H,29,33)(H,30,32)/t17-,24+/m0/s1. The highest BCUT2D eigenvalue weighted by atomic mass is 19.2. The summed E-state index contributed by atoms with van der Waals surface area (Å²) in [4.78, 5) is 34.5. The highest BCUT2D eigenvalue weighted by Gasteiger charge is 2.49. The number of aromatic nitrogens is 2. The van der Waals surface area contributed by atoms with Crippen molar-refractivity contribution in [3.8, 4) is 0 Å². The molecule has 2 amide bonds. The Hall–Kier alpha value is -3.33. The fourth-order valence-corrected chi connectivity index (χ4v) is 5.25. The summed E-state index contributed by atoms with van der Waals surface area (Å²) in [6.07, 6.45) is 1.88. The summed E-state index contributed by atoms with van der Waals surface area (Å²) < 4.78 is 27.5. The number of aromatic amines is 1. The number of rotatable bonds is 4. The van der Waals surface area contributed by atoms with Crippen LogP contribution in [0.15, 0.2) is 36.4 Å².